The summed E-state index contributed by atoms with van der Waals surface area (Å²) in [6, 6.07) is 7.66. The van der Waals surface area contributed by atoms with Crippen molar-refractivity contribution in [2.75, 3.05) is 19.8 Å². The maximum Gasteiger partial charge on any atom is 0.459 e. The third-order valence-electron chi connectivity index (χ3n) is 8.56. The average molecular weight is 659 g/mol. The van der Waals surface area contributed by atoms with E-state index in [1.807, 2.05) is 48.9 Å². The van der Waals surface area contributed by atoms with Crippen molar-refractivity contribution in [3.63, 3.8) is 0 Å². The van der Waals surface area contributed by atoms with E-state index in [0.717, 1.165) is 39.0 Å². The summed E-state index contributed by atoms with van der Waals surface area (Å²) in [4.78, 5) is 39.0. The minimum absolute atomic E-state index is 0.0185. The van der Waals surface area contributed by atoms with Crippen LogP contribution in [-0.2, 0) is 39.7 Å². The SMILES string of the molecule is CCOC(=O)C(C)NP1(=O)OCC2OC(n3ccc(=O)[nH]c3=O)C(C)(F)C2OCC2C=C(O1)c1c(n(C)c3ccccc13)C=C2C. The van der Waals surface area contributed by atoms with Crippen molar-refractivity contribution in [2.45, 2.75) is 57.8 Å². The highest BCUT2D eigenvalue weighted by atomic mass is 31.2. The number of nitrogens with zero attached hydrogens (tertiary/aromatic N) is 2. The molecule has 2 N–H and O–H groups in total. The van der Waals surface area contributed by atoms with E-state index in [0.29, 0.717) is 5.56 Å². The van der Waals surface area contributed by atoms with Gasteiger partial charge in [0.05, 0.1) is 25.5 Å². The van der Waals surface area contributed by atoms with Crippen LogP contribution < -0.4 is 16.3 Å². The van der Waals surface area contributed by atoms with E-state index in [9.17, 15) is 18.9 Å². The Balaban J connectivity index is 1.45. The molecule has 3 aliphatic rings. The fraction of sp³-hybridized carbons (Fsp3) is 0.452. The quantitative estimate of drug-likeness (QED) is 0.306. The maximum atomic E-state index is 16.7. The number of aryl methyl sites for hydroxylation is 1. The van der Waals surface area contributed by atoms with Gasteiger partial charge in [-0.15, -0.1) is 0 Å². The summed E-state index contributed by atoms with van der Waals surface area (Å²) in [5, 5.41) is 3.52. The summed E-state index contributed by atoms with van der Waals surface area (Å²) in [5.41, 5.74) is -0.619. The molecule has 13 nitrogen and oxygen atoms in total. The van der Waals surface area contributed by atoms with Crippen molar-refractivity contribution in [3.8, 4) is 0 Å². The monoisotopic (exact) mass is 658 g/mol. The Bertz CT molecular complexity index is 1910. The number of aromatic nitrogens is 3. The topological polar surface area (TPSA) is 152 Å². The molecule has 246 valence electrons. The van der Waals surface area contributed by atoms with E-state index in [1.165, 1.54) is 13.8 Å². The fourth-order valence-corrected chi connectivity index (χ4v) is 7.71. The molecule has 2 bridgehead atoms. The second kappa shape index (κ2) is 12.1. The van der Waals surface area contributed by atoms with E-state index in [1.54, 1.807) is 13.0 Å². The molecule has 7 atom stereocenters. The third-order valence-corrected chi connectivity index (χ3v) is 10.2. The molecule has 7 unspecified atom stereocenters. The molecule has 0 saturated carbocycles. The highest BCUT2D eigenvalue weighted by Crippen LogP contribution is 2.53. The number of carbonyl (C=O) groups is 1. The zero-order chi connectivity index (χ0) is 33.0. The average Bonchev–Trinajstić information content (AvgIpc) is 3.35. The van der Waals surface area contributed by atoms with Crippen LogP contribution in [0, 0.1) is 5.92 Å². The molecule has 1 saturated heterocycles. The lowest BCUT2D eigenvalue weighted by molar-refractivity contribution is -0.144. The maximum absolute atomic E-state index is 16.7. The Morgan fingerprint density at radius 2 is 2.02 bits per heavy atom. The van der Waals surface area contributed by atoms with Gasteiger partial charge in [-0.25, -0.2) is 13.8 Å². The lowest BCUT2D eigenvalue weighted by atomic mass is 9.97. The molecule has 0 amide bonds. The molecule has 3 aromatic rings. The van der Waals surface area contributed by atoms with Gasteiger partial charge in [-0.2, -0.15) is 5.09 Å². The molecule has 2 aliphatic heterocycles. The number of rotatable bonds is 5. The second-order valence-corrected chi connectivity index (χ2v) is 13.5. The Morgan fingerprint density at radius 1 is 1.26 bits per heavy atom. The van der Waals surface area contributed by atoms with Crippen LogP contribution in [0.3, 0.4) is 0 Å². The number of nitrogens with one attached hydrogen (secondary N) is 2. The zero-order valence-corrected chi connectivity index (χ0v) is 26.9. The summed E-state index contributed by atoms with van der Waals surface area (Å²) in [6.45, 7) is 5.83. The predicted molar refractivity (Wildman–Crippen MR) is 166 cm³/mol. The van der Waals surface area contributed by atoms with Gasteiger partial charge in [0.2, 0.25) is 0 Å². The van der Waals surface area contributed by atoms with Crippen LogP contribution >= 0.6 is 7.75 Å². The van der Waals surface area contributed by atoms with E-state index in [-0.39, 0.29) is 19.0 Å². The van der Waals surface area contributed by atoms with Crippen LogP contribution in [-0.4, -0.2) is 63.8 Å². The van der Waals surface area contributed by atoms with Gasteiger partial charge in [-0.05, 0) is 45.9 Å². The van der Waals surface area contributed by atoms with Gasteiger partial charge >= 0.3 is 19.4 Å². The summed E-state index contributed by atoms with van der Waals surface area (Å²) in [6.07, 6.45) is 0.866. The minimum atomic E-state index is -4.44. The van der Waals surface area contributed by atoms with Crippen molar-refractivity contribution in [3.05, 3.63) is 80.3 Å². The standard InChI is InChI=1S/C31H36FN4O9P/c1-6-41-28(38)18(3)34-46(40)43-16-24-27(31(4,32)29(44-24)36-12-11-25(37)33-30(36)39)42-15-19-14-23(45-46)26-20-9-7-8-10-21(20)35(5)22(26)13-17(19)2/h7-14,18-19,24,27,29H,6,15-16H2,1-5H3,(H,34,40)(H,33,37,39). The van der Waals surface area contributed by atoms with Crippen LogP contribution in [0.1, 0.15) is 45.2 Å². The Labute approximate surface area is 263 Å². The lowest BCUT2D eigenvalue weighted by Gasteiger charge is -2.29. The molecule has 6 rings (SSSR count). The van der Waals surface area contributed by atoms with Crippen LogP contribution in [0.4, 0.5) is 4.39 Å². The van der Waals surface area contributed by atoms with Gasteiger partial charge in [0.15, 0.2) is 11.9 Å². The number of esters is 1. The highest BCUT2D eigenvalue weighted by molar-refractivity contribution is 7.52. The summed E-state index contributed by atoms with van der Waals surface area (Å²) in [7, 11) is -2.53. The first-order chi connectivity index (χ1) is 21.8. The number of hydrogen-bond acceptors (Lipinski definition) is 9. The molecule has 15 heteroatoms. The number of benzene rings is 1. The van der Waals surface area contributed by atoms with Crippen molar-refractivity contribution in [2.24, 2.45) is 13.0 Å². The lowest BCUT2D eigenvalue weighted by Crippen LogP contribution is -2.45. The fourth-order valence-electron chi connectivity index (χ4n) is 6.19. The van der Waals surface area contributed by atoms with E-state index in [4.69, 9.17) is 23.3 Å². The second-order valence-electron chi connectivity index (χ2n) is 11.8. The van der Waals surface area contributed by atoms with Gasteiger partial charge in [-0.3, -0.25) is 23.7 Å². The summed E-state index contributed by atoms with van der Waals surface area (Å²) < 4.78 is 63.9. The normalized spacial score (nSPS) is 30.1. The first-order valence-corrected chi connectivity index (χ1v) is 16.5. The molecule has 46 heavy (non-hydrogen) atoms. The molecule has 1 aromatic carbocycles. The molecule has 1 aliphatic carbocycles. The van der Waals surface area contributed by atoms with Crippen molar-refractivity contribution in [1.29, 1.82) is 0 Å². The Kier molecular flexibility index (Phi) is 8.45. The van der Waals surface area contributed by atoms with Crippen molar-refractivity contribution in [1.82, 2.24) is 19.2 Å². The number of fused-ring (bicyclic) bond motifs is 6. The number of ether oxygens (including phenoxy) is 3. The molecule has 1 fully saturated rings. The summed E-state index contributed by atoms with van der Waals surface area (Å²) >= 11 is 0. The number of halogens is 1. The molecular weight excluding hydrogens is 622 g/mol. The Hall–Kier alpha value is -3.81. The zero-order valence-electron chi connectivity index (χ0n) is 26.0. The van der Waals surface area contributed by atoms with Crippen LogP contribution in [0.5, 0.6) is 0 Å². The van der Waals surface area contributed by atoms with E-state index in [2.05, 4.69) is 10.1 Å². The molecule has 2 aromatic heterocycles. The molecule has 0 spiro atoms. The molecular formula is C31H36FN4O9P. The van der Waals surface area contributed by atoms with Crippen molar-refractivity contribution < 1.29 is 37.0 Å². The van der Waals surface area contributed by atoms with Gasteiger partial charge in [0.1, 0.15) is 24.0 Å². The molecule has 4 heterocycles. The first kappa shape index (κ1) is 32.1. The van der Waals surface area contributed by atoms with Gasteiger partial charge in [0.25, 0.3) is 5.56 Å². The highest BCUT2D eigenvalue weighted by Gasteiger charge is 2.57. The van der Waals surface area contributed by atoms with Crippen LogP contribution in [0.15, 0.2) is 57.8 Å². The number of hydrogen-bond donors (Lipinski definition) is 2. The Morgan fingerprint density at radius 3 is 2.76 bits per heavy atom. The van der Waals surface area contributed by atoms with Crippen LogP contribution in [0.25, 0.3) is 22.7 Å². The minimum Gasteiger partial charge on any atom is -0.465 e. The number of aromatic amines is 1. The van der Waals surface area contributed by atoms with Crippen molar-refractivity contribution >= 4 is 36.5 Å². The van der Waals surface area contributed by atoms with E-state index >= 15 is 4.39 Å². The number of para-hydroxylation sites is 1. The van der Waals surface area contributed by atoms with Gasteiger partial charge in [0, 0.05) is 41.7 Å². The largest absolute Gasteiger partial charge is 0.465 e. The number of carbonyl (C=O) groups excluding carboxylic acids is 1. The van der Waals surface area contributed by atoms with E-state index < -0.39 is 67.6 Å². The summed E-state index contributed by atoms with van der Waals surface area (Å²) in [5.74, 6) is -0.918. The van der Waals surface area contributed by atoms with Gasteiger partial charge in [-0.1, -0.05) is 23.8 Å². The third kappa shape index (κ3) is 5.69. The predicted octanol–water partition coefficient (Wildman–Crippen LogP) is 3.81. The smallest absolute Gasteiger partial charge is 0.459 e. The number of H-pyrrole nitrogens is 1. The number of alkyl halides is 1. The van der Waals surface area contributed by atoms with Crippen LogP contribution in [0.2, 0.25) is 0 Å². The first-order valence-electron chi connectivity index (χ1n) is 15.0. The molecule has 0 radical (unpaired) electrons. The van der Waals surface area contributed by atoms with Gasteiger partial charge < -0.3 is 23.3 Å².